The second-order valence-electron chi connectivity index (χ2n) is 10.0. The first-order valence-corrected chi connectivity index (χ1v) is 13.0. The van der Waals surface area contributed by atoms with E-state index in [1.165, 1.54) is 29.1 Å². The Morgan fingerprint density at radius 3 is 2.33 bits per heavy atom. The maximum absolute atomic E-state index is 15.4. The summed E-state index contributed by atoms with van der Waals surface area (Å²) in [5.41, 5.74) is 5.48. The average molecular weight is 584 g/mol. The molecule has 3 heterocycles. The number of nitrogens with one attached hydrogen (secondary N) is 1. The van der Waals surface area contributed by atoms with E-state index in [-0.39, 0.29) is 39.8 Å². The molecule has 3 aromatic heterocycles. The molecule has 12 heteroatoms. The van der Waals surface area contributed by atoms with Crippen LogP contribution in [0.2, 0.25) is 0 Å². The van der Waals surface area contributed by atoms with Gasteiger partial charge < -0.3 is 15.6 Å². The molecule has 0 spiro atoms. The molecule has 0 aliphatic rings. The number of carbonyl (C=O) groups is 1. The van der Waals surface area contributed by atoms with Crippen LogP contribution in [0.4, 0.5) is 24.7 Å². The molecule has 0 saturated carbocycles. The van der Waals surface area contributed by atoms with Crippen LogP contribution in [0.5, 0.6) is 0 Å². The fraction of sp³-hybridized carbons (Fsp3) is 0.129. The summed E-state index contributed by atoms with van der Waals surface area (Å²) in [6, 6.07) is 9.70. The Balaban J connectivity index is 1.55. The van der Waals surface area contributed by atoms with Crippen molar-refractivity contribution in [1.29, 1.82) is 5.26 Å². The molecular weight excluding hydrogens is 559 g/mol. The molecule has 0 radical (unpaired) electrons. The number of nitrogens with two attached hydrogens (primary N) is 1. The van der Waals surface area contributed by atoms with Crippen LogP contribution in [-0.2, 0) is 7.05 Å². The van der Waals surface area contributed by atoms with Gasteiger partial charge in [0.15, 0.2) is 0 Å². The topological polar surface area (TPSA) is 132 Å². The van der Waals surface area contributed by atoms with Gasteiger partial charge in [-0.05, 0) is 43.7 Å². The van der Waals surface area contributed by atoms with Crippen molar-refractivity contribution in [2.75, 3.05) is 11.1 Å². The Morgan fingerprint density at radius 1 is 0.977 bits per heavy atom. The lowest BCUT2D eigenvalue weighted by molar-refractivity contribution is 0.102. The molecule has 1 amide bonds. The van der Waals surface area contributed by atoms with E-state index in [0.29, 0.717) is 11.1 Å². The van der Waals surface area contributed by atoms with Crippen LogP contribution < -0.4 is 16.5 Å². The zero-order chi connectivity index (χ0) is 31.0. The summed E-state index contributed by atoms with van der Waals surface area (Å²) >= 11 is 0. The summed E-state index contributed by atoms with van der Waals surface area (Å²) in [7, 11) is 1.73. The summed E-state index contributed by atoms with van der Waals surface area (Å²) in [5.74, 6) is -3.52. The number of amides is 1. The van der Waals surface area contributed by atoms with Crippen molar-refractivity contribution in [3.8, 4) is 39.4 Å². The van der Waals surface area contributed by atoms with Gasteiger partial charge >= 0.3 is 0 Å². The third-order valence-corrected chi connectivity index (χ3v) is 6.83. The normalized spacial score (nSPS) is 11.0. The minimum atomic E-state index is -1.03. The predicted octanol–water partition coefficient (Wildman–Crippen LogP) is 5.68. The molecule has 0 aliphatic heterocycles. The van der Waals surface area contributed by atoms with Gasteiger partial charge in [0.25, 0.3) is 5.91 Å². The first-order valence-electron chi connectivity index (χ1n) is 13.0. The fourth-order valence-corrected chi connectivity index (χ4v) is 4.66. The zero-order valence-corrected chi connectivity index (χ0v) is 23.2. The molecule has 0 saturated heterocycles. The molecule has 0 atom stereocenters. The van der Waals surface area contributed by atoms with Crippen LogP contribution in [0.15, 0.2) is 72.0 Å². The molecule has 9 nitrogen and oxygen atoms in total. The molecule has 5 rings (SSSR count). The third-order valence-electron chi connectivity index (χ3n) is 6.83. The minimum Gasteiger partial charge on any atom is -0.383 e. The summed E-state index contributed by atoms with van der Waals surface area (Å²) < 4.78 is 47.3. The van der Waals surface area contributed by atoms with E-state index >= 15 is 8.78 Å². The predicted molar refractivity (Wildman–Crippen MR) is 155 cm³/mol. The van der Waals surface area contributed by atoms with Gasteiger partial charge in [-0.3, -0.25) is 14.3 Å². The van der Waals surface area contributed by atoms with E-state index in [2.05, 4.69) is 15.4 Å². The van der Waals surface area contributed by atoms with Crippen molar-refractivity contribution in [3.63, 3.8) is 0 Å². The van der Waals surface area contributed by atoms with Crippen molar-refractivity contribution in [3.05, 3.63) is 106 Å². The van der Waals surface area contributed by atoms with Gasteiger partial charge in [0.1, 0.15) is 40.6 Å². The van der Waals surface area contributed by atoms with Crippen LogP contribution in [0.3, 0.4) is 0 Å². The van der Waals surface area contributed by atoms with E-state index in [1.54, 1.807) is 44.0 Å². The van der Waals surface area contributed by atoms with E-state index in [1.807, 2.05) is 6.07 Å². The van der Waals surface area contributed by atoms with Crippen molar-refractivity contribution in [2.45, 2.75) is 19.9 Å². The Bertz CT molecular complexity index is 1990. The van der Waals surface area contributed by atoms with Crippen LogP contribution in [0.25, 0.3) is 33.4 Å². The van der Waals surface area contributed by atoms with Gasteiger partial charge in [0, 0.05) is 60.0 Å². The molecule has 0 fully saturated rings. The highest BCUT2D eigenvalue weighted by atomic mass is 19.1. The molecule has 43 heavy (non-hydrogen) atoms. The van der Waals surface area contributed by atoms with Gasteiger partial charge in [-0.25, -0.2) is 18.2 Å². The van der Waals surface area contributed by atoms with Crippen LogP contribution in [0.1, 0.15) is 35.9 Å². The largest absolute Gasteiger partial charge is 0.383 e. The SMILES string of the molecule is CC(C)n1cc(C(=O)Nc2cc(F)c(-c3cc(-c4cnn(C)c4)cnc3N)cc2F)c(=O)c(-c2ccc(F)cc2)c1C#N. The highest BCUT2D eigenvalue weighted by molar-refractivity contribution is 6.05. The van der Waals surface area contributed by atoms with Crippen LogP contribution in [0, 0.1) is 28.8 Å². The Labute approximate surface area is 243 Å². The third kappa shape index (κ3) is 5.48. The van der Waals surface area contributed by atoms with Gasteiger partial charge in [-0.2, -0.15) is 10.4 Å². The molecular formula is C31H24F3N7O2. The molecule has 0 unspecified atom stereocenters. The number of benzene rings is 2. The van der Waals surface area contributed by atoms with Crippen molar-refractivity contribution < 1.29 is 18.0 Å². The van der Waals surface area contributed by atoms with Gasteiger partial charge in [0.05, 0.1) is 17.4 Å². The Morgan fingerprint density at radius 2 is 1.70 bits per heavy atom. The van der Waals surface area contributed by atoms with Gasteiger partial charge in [-0.1, -0.05) is 12.1 Å². The van der Waals surface area contributed by atoms with Crippen molar-refractivity contribution in [1.82, 2.24) is 19.3 Å². The number of pyridine rings is 2. The Hall–Kier alpha value is -5.70. The first-order chi connectivity index (χ1) is 20.5. The van der Waals surface area contributed by atoms with E-state index in [0.717, 1.165) is 24.3 Å². The maximum Gasteiger partial charge on any atom is 0.261 e. The molecule has 0 aliphatic carbocycles. The number of anilines is 2. The van der Waals surface area contributed by atoms with Crippen LogP contribution >= 0.6 is 0 Å². The number of halogens is 3. The summed E-state index contributed by atoms with van der Waals surface area (Å²) in [5, 5.41) is 16.2. The van der Waals surface area contributed by atoms with E-state index < -0.39 is 40.0 Å². The van der Waals surface area contributed by atoms with Crippen LogP contribution in [-0.4, -0.2) is 25.2 Å². The monoisotopic (exact) mass is 583 g/mol. The summed E-state index contributed by atoms with van der Waals surface area (Å²) in [6.07, 6.45) is 5.99. The highest BCUT2D eigenvalue weighted by Crippen LogP contribution is 2.34. The lowest BCUT2D eigenvalue weighted by atomic mass is 9.99. The maximum atomic E-state index is 15.4. The van der Waals surface area contributed by atoms with Gasteiger partial charge in [-0.15, -0.1) is 0 Å². The van der Waals surface area contributed by atoms with E-state index in [4.69, 9.17) is 5.73 Å². The lowest BCUT2D eigenvalue weighted by Gasteiger charge is -2.18. The van der Waals surface area contributed by atoms with Gasteiger partial charge in [0.2, 0.25) is 5.43 Å². The number of nitrogen functional groups attached to an aromatic ring is 1. The quantitative estimate of drug-likeness (QED) is 0.264. The fourth-order valence-electron chi connectivity index (χ4n) is 4.66. The number of nitriles is 1. The number of nitrogens with zero attached hydrogens (tertiary/aromatic N) is 5. The minimum absolute atomic E-state index is 0.0375. The number of aromatic nitrogens is 4. The lowest BCUT2D eigenvalue weighted by Crippen LogP contribution is -2.27. The molecule has 216 valence electrons. The van der Waals surface area contributed by atoms with Crippen molar-refractivity contribution >= 4 is 17.4 Å². The van der Waals surface area contributed by atoms with E-state index in [9.17, 15) is 19.2 Å². The number of rotatable bonds is 6. The zero-order valence-electron chi connectivity index (χ0n) is 23.2. The number of hydrogen-bond acceptors (Lipinski definition) is 6. The molecule has 0 bridgehead atoms. The second kappa shape index (κ2) is 11.3. The van der Waals surface area contributed by atoms with Crippen molar-refractivity contribution in [2.24, 2.45) is 7.05 Å². The number of aryl methyl sites for hydroxylation is 1. The smallest absolute Gasteiger partial charge is 0.261 e. The summed E-state index contributed by atoms with van der Waals surface area (Å²) in [4.78, 5) is 30.9. The molecule has 2 aromatic carbocycles. The molecule has 5 aromatic rings. The number of hydrogen-bond donors (Lipinski definition) is 2. The average Bonchev–Trinajstić information content (AvgIpc) is 3.41. The first kappa shape index (κ1) is 28.8. The Kier molecular flexibility index (Phi) is 7.56. The second-order valence-corrected chi connectivity index (χ2v) is 10.0. The standard InChI is InChI=1S/C31H24F3N7O2/c1-16(2)41-15-23(29(42)28(27(41)11-35)17-4-6-20(32)7-5-17)31(43)39-26-10-24(33)21(9-25(26)34)22-8-18(12-37-30(22)36)19-13-38-40(3)14-19/h4-10,12-16H,1-3H3,(H2,36,37)(H,39,43). The molecule has 3 N–H and O–H groups in total. The highest BCUT2D eigenvalue weighted by Gasteiger charge is 2.24. The summed E-state index contributed by atoms with van der Waals surface area (Å²) in [6.45, 7) is 3.47. The number of carbonyl (C=O) groups excluding carboxylic acids is 1.